The minimum Gasteiger partial charge on any atom is -0.381 e. The van der Waals surface area contributed by atoms with E-state index in [0.29, 0.717) is 25.5 Å². The highest BCUT2D eigenvalue weighted by Crippen LogP contribution is 2.50. The van der Waals surface area contributed by atoms with Crippen molar-refractivity contribution in [2.45, 2.75) is 71.3 Å². The lowest BCUT2D eigenvalue weighted by Crippen LogP contribution is -2.29. The van der Waals surface area contributed by atoms with E-state index in [2.05, 4.69) is 36.2 Å². The van der Waals surface area contributed by atoms with Crippen LogP contribution < -0.4 is 5.73 Å². The highest BCUT2D eigenvalue weighted by Gasteiger charge is 2.44. The van der Waals surface area contributed by atoms with Crippen LogP contribution in [-0.2, 0) is 29.0 Å². The maximum Gasteiger partial charge on any atom is 0.286 e. The number of imidazole rings is 1. The van der Waals surface area contributed by atoms with Crippen LogP contribution in [0.3, 0.4) is 0 Å². The Morgan fingerprint density at radius 2 is 1.84 bits per heavy atom. The van der Waals surface area contributed by atoms with Crippen LogP contribution in [0.5, 0.6) is 0 Å². The molecule has 2 N–H and O–H groups in total. The lowest BCUT2D eigenvalue weighted by Gasteiger charge is -2.30. The number of nitrogen functional groups attached to an aromatic ring is 1. The van der Waals surface area contributed by atoms with Gasteiger partial charge < -0.3 is 15.0 Å². The standard InChI is InChI=1S/C29H34F2N4O.C2H6/c1-4-8-24-23(14-16-36-3)13-15-29(24,17-22-11-12-25(33-18-22)28(2,30)31)26-20-35(27(32)34-26)19-21-9-6-5-7-10-21;1-2/h5-12,14,18,20H,4,13,15-17,19H2,1-3H3,(H2,32,34);1-2H3/b23-14-,24-8+;. The van der Waals surface area contributed by atoms with Crippen LogP contribution in [0.1, 0.15) is 69.5 Å². The van der Waals surface area contributed by atoms with E-state index in [4.69, 9.17) is 15.5 Å². The molecule has 0 radical (unpaired) electrons. The number of benzene rings is 1. The average Bonchev–Trinajstić information content (AvgIpc) is 3.45. The van der Waals surface area contributed by atoms with Crippen molar-refractivity contribution in [2.24, 2.45) is 0 Å². The Morgan fingerprint density at radius 3 is 2.45 bits per heavy atom. The first kappa shape index (κ1) is 29.2. The third kappa shape index (κ3) is 6.57. The molecule has 1 aliphatic rings. The lowest BCUT2D eigenvalue weighted by molar-refractivity contribution is 0.0127. The Balaban J connectivity index is 0.00000195. The van der Waals surface area contributed by atoms with E-state index in [1.165, 1.54) is 17.2 Å². The Labute approximate surface area is 225 Å². The molecule has 4 rings (SSSR count). The fraction of sp³-hybridized carbons (Fsp3) is 0.419. The molecule has 0 bridgehead atoms. The molecular weight excluding hydrogens is 482 g/mol. The van der Waals surface area contributed by atoms with Gasteiger partial charge in [-0.05, 0) is 54.0 Å². The van der Waals surface area contributed by atoms with Crippen LogP contribution in [0.25, 0.3) is 0 Å². The van der Waals surface area contributed by atoms with Gasteiger partial charge in [0.2, 0.25) is 5.95 Å². The van der Waals surface area contributed by atoms with Gasteiger partial charge in [-0.2, -0.15) is 8.78 Å². The molecule has 1 atom stereocenters. The zero-order chi connectivity index (χ0) is 27.8. The minimum absolute atomic E-state index is 0.229. The van der Waals surface area contributed by atoms with Crippen molar-refractivity contribution in [1.82, 2.24) is 14.5 Å². The number of ether oxygens (including phenoxy) is 1. The number of hydrogen-bond acceptors (Lipinski definition) is 4. The van der Waals surface area contributed by atoms with E-state index >= 15 is 0 Å². The summed E-state index contributed by atoms with van der Waals surface area (Å²) in [6, 6.07) is 13.3. The number of nitrogens with zero attached hydrogens (tertiary/aromatic N) is 3. The Morgan fingerprint density at radius 1 is 1.11 bits per heavy atom. The maximum atomic E-state index is 13.8. The van der Waals surface area contributed by atoms with Crippen LogP contribution >= 0.6 is 0 Å². The van der Waals surface area contributed by atoms with Gasteiger partial charge in [0.25, 0.3) is 5.92 Å². The summed E-state index contributed by atoms with van der Waals surface area (Å²) in [6.07, 6.45) is 11.2. The van der Waals surface area contributed by atoms with Crippen molar-refractivity contribution in [3.05, 3.63) is 101 Å². The molecule has 0 saturated heterocycles. The number of methoxy groups -OCH3 is 1. The van der Waals surface area contributed by atoms with E-state index in [1.807, 2.05) is 42.8 Å². The number of aromatic nitrogens is 3. The SMILES string of the molecule is CC.CC/C=C1\C(=C/COC)CCC1(Cc1ccc(C(C)(F)F)nc1)c1cn(Cc2ccccc2)c(N)n1. The molecule has 2 heterocycles. The molecule has 1 aliphatic carbocycles. The summed E-state index contributed by atoms with van der Waals surface area (Å²) in [4.78, 5) is 8.94. The summed E-state index contributed by atoms with van der Waals surface area (Å²) in [5, 5.41) is 0. The van der Waals surface area contributed by atoms with Gasteiger partial charge in [-0.3, -0.25) is 4.98 Å². The van der Waals surface area contributed by atoms with Gasteiger partial charge in [0.15, 0.2) is 0 Å². The first-order valence-electron chi connectivity index (χ1n) is 13.4. The number of halogens is 2. The monoisotopic (exact) mass is 522 g/mol. The van der Waals surface area contributed by atoms with Gasteiger partial charge in [0, 0.05) is 31.8 Å². The molecule has 7 heteroatoms. The Bertz CT molecular complexity index is 1230. The number of nitrogens with two attached hydrogens (primary N) is 1. The van der Waals surface area contributed by atoms with E-state index < -0.39 is 11.3 Å². The Kier molecular flexibility index (Phi) is 9.97. The second-order valence-electron chi connectivity index (χ2n) is 9.51. The number of anilines is 1. The van der Waals surface area contributed by atoms with Crippen LogP contribution in [0, 0.1) is 0 Å². The average molecular weight is 523 g/mol. The predicted molar refractivity (Wildman–Crippen MR) is 150 cm³/mol. The summed E-state index contributed by atoms with van der Waals surface area (Å²) in [5.41, 5.74) is 11.1. The zero-order valence-corrected chi connectivity index (χ0v) is 23.2. The fourth-order valence-corrected chi connectivity index (χ4v) is 5.10. The maximum absolute atomic E-state index is 13.8. The molecule has 5 nitrogen and oxygen atoms in total. The highest BCUT2D eigenvalue weighted by atomic mass is 19.3. The minimum atomic E-state index is -2.97. The molecule has 0 amide bonds. The third-order valence-corrected chi connectivity index (χ3v) is 6.86. The first-order valence-corrected chi connectivity index (χ1v) is 13.4. The topological polar surface area (TPSA) is 66.0 Å². The van der Waals surface area contributed by atoms with E-state index in [-0.39, 0.29) is 5.69 Å². The molecule has 1 aromatic carbocycles. The quantitative estimate of drug-likeness (QED) is 0.322. The molecule has 38 heavy (non-hydrogen) atoms. The summed E-state index contributed by atoms with van der Waals surface area (Å²) >= 11 is 0. The van der Waals surface area contributed by atoms with Crippen molar-refractivity contribution < 1.29 is 13.5 Å². The first-order chi connectivity index (χ1) is 18.3. The van der Waals surface area contributed by atoms with Crippen LogP contribution in [0.15, 0.2) is 78.2 Å². The van der Waals surface area contributed by atoms with Crippen LogP contribution in [-0.4, -0.2) is 28.3 Å². The number of hydrogen-bond donors (Lipinski definition) is 1. The molecule has 3 aromatic rings. The molecule has 1 fully saturated rings. The van der Waals surface area contributed by atoms with Crippen LogP contribution in [0.4, 0.5) is 14.7 Å². The lowest BCUT2D eigenvalue weighted by atomic mass is 9.73. The molecule has 1 saturated carbocycles. The molecule has 0 spiro atoms. The largest absolute Gasteiger partial charge is 0.381 e. The molecule has 2 aromatic heterocycles. The number of alkyl halides is 2. The van der Waals surface area contributed by atoms with E-state index in [9.17, 15) is 8.78 Å². The van der Waals surface area contributed by atoms with Gasteiger partial charge >= 0.3 is 0 Å². The summed E-state index contributed by atoms with van der Waals surface area (Å²) < 4.78 is 34.9. The van der Waals surface area contributed by atoms with Crippen molar-refractivity contribution >= 4 is 5.95 Å². The number of allylic oxidation sites excluding steroid dienone is 3. The van der Waals surface area contributed by atoms with Crippen molar-refractivity contribution in [3.8, 4) is 0 Å². The van der Waals surface area contributed by atoms with Gasteiger partial charge in [0.05, 0.1) is 18.8 Å². The fourth-order valence-electron chi connectivity index (χ4n) is 5.10. The number of rotatable bonds is 9. The van der Waals surface area contributed by atoms with Gasteiger partial charge in [0.1, 0.15) is 5.69 Å². The molecule has 204 valence electrons. The van der Waals surface area contributed by atoms with Gasteiger partial charge in [-0.1, -0.05) is 69.3 Å². The Hall–Kier alpha value is -3.32. The van der Waals surface area contributed by atoms with Crippen LogP contribution in [0.2, 0.25) is 0 Å². The van der Waals surface area contributed by atoms with Crippen molar-refractivity contribution in [1.29, 1.82) is 0 Å². The van der Waals surface area contributed by atoms with Gasteiger partial charge in [-0.15, -0.1) is 0 Å². The molecule has 1 unspecified atom stereocenters. The van der Waals surface area contributed by atoms with E-state index in [1.54, 1.807) is 19.4 Å². The molecular formula is C31H40F2N4O. The van der Waals surface area contributed by atoms with Gasteiger partial charge in [-0.25, -0.2) is 4.98 Å². The summed E-state index contributed by atoms with van der Waals surface area (Å²) in [5.74, 6) is -2.52. The highest BCUT2D eigenvalue weighted by molar-refractivity contribution is 5.52. The third-order valence-electron chi connectivity index (χ3n) is 6.86. The number of pyridine rings is 1. The predicted octanol–water partition coefficient (Wildman–Crippen LogP) is 7.23. The second-order valence-corrected chi connectivity index (χ2v) is 9.51. The smallest absolute Gasteiger partial charge is 0.286 e. The summed E-state index contributed by atoms with van der Waals surface area (Å²) in [7, 11) is 1.69. The summed E-state index contributed by atoms with van der Waals surface area (Å²) in [6.45, 7) is 8.13. The zero-order valence-electron chi connectivity index (χ0n) is 23.2. The van der Waals surface area contributed by atoms with Crippen molar-refractivity contribution in [2.75, 3.05) is 19.5 Å². The van der Waals surface area contributed by atoms with Crippen molar-refractivity contribution in [3.63, 3.8) is 0 Å². The molecule has 0 aliphatic heterocycles. The normalized spacial score (nSPS) is 19.6. The van der Waals surface area contributed by atoms with E-state index in [0.717, 1.165) is 43.0 Å². The second kappa shape index (κ2) is 13.0.